The summed E-state index contributed by atoms with van der Waals surface area (Å²) >= 11 is 0. The molecule has 9 heteroatoms. The van der Waals surface area contributed by atoms with Crippen LogP contribution in [0, 0.1) is 11.3 Å². The van der Waals surface area contributed by atoms with E-state index in [1.807, 2.05) is 18.2 Å². The standard InChI is InChI=1S/C24H20N2O6S/c1-30-21-10-8-18(33(28,29)26-12-11-17-5-3-4-6-20(17)26)14-19(21)24(27)32-22-9-7-16(15-25)13-23(22)31-2/h3-10,13-14H,11-12H2,1-2H3. The number of para-hydroxylation sites is 1. The second-order valence-electron chi connectivity index (χ2n) is 7.18. The van der Waals surface area contributed by atoms with Crippen LogP contribution in [0.15, 0.2) is 65.6 Å². The van der Waals surface area contributed by atoms with E-state index in [1.165, 1.54) is 54.9 Å². The molecule has 4 rings (SSSR count). The van der Waals surface area contributed by atoms with Gasteiger partial charge in [-0.2, -0.15) is 5.26 Å². The molecule has 0 aromatic heterocycles. The molecule has 0 atom stereocenters. The van der Waals surface area contributed by atoms with Crippen molar-refractivity contribution in [2.75, 3.05) is 25.1 Å². The van der Waals surface area contributed by atoms with Crippen molar-refractivity contribution in [3.8, 4) is 23.3 Å². The highest BCUT2D eigenvalue weighted by molar-refractivity contribution is 7.92. The molecule has 3 aromatic rings. The Morgan fingerprint density at radius 3 is 2.42 bits per heavy atom. The van der Waals surface area contributed by atoms with E-state index < -0.39 is 16.0 Å². The topological polar surface area (TPSA) is 106 Å². The van der Waals surface area contributed by atoms with Crippen LogP contribution in [0.2, 0.25) is 0 Å². The van der Waals surface area contributed by atoms with Gasteiger partial charge in [0, 0.05) is 12.6 Å². The first-order valence-electron chi connectivity index (χ1n) is 9.98. The second kappa shape index (κ2) is 8.84. The number of benzene rings is 3. The van der Waals surface area contributed by atoms with Crippen molar-refractivity contribution in [2.24, 2.45) is 0 Å². The number of methoxy groups -OCH3 is 2. The van der Waals surface area contributed by atoms with Gasteiger partial charge in [0.25, 0.3) is 10.0 Å². The van der Waals surface area contributed by atoms with Gasteiger partial charge in [-0.3, -0.25) is 4.31 Å². The average molecular weight is 464 g/mol. The summed E-state index contributed by atoms with van der Waals surface area (Å²) in [4.78, 5) is 12.9. The van der Waals surface area contributed by atoms with Gasteiger partial charge in [0.2, 0.25) is 0 Å². The molecule has 0 bridgehead atoms. The number of rotatable bonds is 6. The Labute approximate surface area is 191 Å². The lowest BCUT2D eigenvalue weighted by molar-refractivity contribution is 0.0726. The molecular formula is C24H20N2O6S. The van der Waals surface area contributed by atoms with E-state index >= 15 is 0 Å². The number of fused-ring (bicyclic) bond motifs is 1. The van der Waals surface area contributed by atoms with Crippen LogP contribution in [0.3, 0.4) is 0 Å². The molecule has 1 aliphatic heterocycles. The van der Waals surface area contributed by atoms with Crippen LogP contribution in [-0.4, -0.2) is 35.2 Å². The van der Waals surface area contributed by atoms with Crippen molar-refractivity contribution in [3.63, 3.8) is 0 Å². The molecule has 8 nitrogen and oxygen atoms in total. The molecule has 0 radical (unpaired) electrons. The summed E-state index contributed by atoms with van der Waals surface area (Å²) in [5.74, 6) is -0.383. The summed E-state index contributed by atoms with van der Waals surface area (Å²) in [5, 5.41) is 9.04. The van der Waals surface area contributed by atoms with Gasteiger partial charge >= 0.3 is 5.97 Å². The first kappa shape index (κ1) is 22.2. The summed E-state index contributed by atoms with van der Waals surface area (Å²) in [6.07, 6.45) is 0.610. The number of ether oxygens (including phenoxy) is 3. The van der Waals surface area contributed by atoms with Gasteiger partial charge in [0.15, 0.2) is 11.5 Å². The molecule has 0 N–H and O–H groups in total. The number of nitriles is 1. The Balaban J connectivity index is 1.69. The molecule has 1 heterocycles. The van der Waals surface area contributed by atoms with E-state index in [4.69, 9.17) is 19.5 Å². The molecule has 0 saturated carbocycles. The quantitative estimate of drug-likeness (QED) is 0.406. The van der Waals surface area contributed by atoms with Crippen LogP contribution in [0.5, 0.6) is 17.2 Å². The van der Waals surface area contributed by atoms with Crippen molar-refractivity contribution in [1.82, 2.24) is 0 Å². The highest BCUT2D eigenvalue weighted by atomic mass is 32.2. The van der Waals surface area contributed by atoms with E-state index in [1.54, 1.807) is 12.1 Å². The normalized spacial score (nSPS) is 12.6. The number of carbonyl (C=O) groups is 1. The number of hydrogen-bond acceptors (Lipinski definition) is 7. The summed E-state index contributed by atoms with van der Waals surface area (Å²) in [6, 6.07) is 17.7. The van der Waals surface area contributed by atoms with E-state index in [9.17, 15) is 13.2 Å². The summed E-state index contributed by atoms with van der Waals surface area (Å²) in [7, 11) is -1.16. The maximum Gasteiger partial charge on any atom is 0.347 e. The zero-order chi connectivity index (χ0) is 23.6. The molecule has 1 aliphatic rings. The number of esters is 1. The summed E-state index contributed by atoms with van der Waals surface area (Å²) < 4.78 is 44.0. The molecule has 33 heavy (non-hydrogen) atoms. The van der Waals surface area contributed by atoms with E-state index in [0.29, 0.717) is 24.2 Å². The van der Waals surface area contributed by atoms with E-state index in [0.717, 1.165) is 5.56 Å². The van der Waals surface area contributed by atoms with Crippen LogP contribution < -0.4 is 18.5 Å². The maximum absolute atomic E-state index is 13.4. The molecule has 0 spiro atoms. The lowest BCUT2D eigenvalue weighted by Gasteiger charge is -2.20. The predicted molar refractivity (Wildman–Crippen MR) is 120 cm³/mol. The fourth-order valence-electron chi connectivity index (χ4n) is 3.67. The second-order valence-corrected chi connectivity index (χ2v) is 9.05. The Morgan fingerprint density at radius 2 is 1.70 bits per heavy atom. The van der Waals surface area contributed by atoms with Gasteiger partial charge in [0.1, 0.15) is 11.3 Å². The number of nitrogens with zero attached hydrogens (tertiary/aromatic N) is 2. The fraction of sp³-hybridized carbons (Fsp3) is 0.167. The summed E-state index contributed by atoms with van der Waals surface area (Å²) in [5.41, 5.74) is 1.85. The van der Waals surface area contributed by atoms with Gasteiger partial charge < -0.3 is 14.2 Å². The number of anilines is 1. The SMILES string of the molecule is COc1cc(C#N)ccc1OC(=O)c1cc(S(=O)(=O)N2CCc3ccccc32)ccc1OC. The Hall–Kier alpha value is -4.03. The number of sulfonamides is 1. The smallest absolute Gasteiger partial charge is 0.347 e. The minimum absolute atomic E-state index is 0.0567. The van der Waals surface area contributed by atoms with Crippen molar-refractivity contribution < 1.29 is 27.4 Å². The third-order valence-electron chi connectivity index (χ3n) is 5.32. The van der Waals surface area contributed by atoms with Crippen molar-refractivity contribution in [2.45, 2.75) is 11.3 Å². The average Bonchev–Trinajstić information content (AvgIpc) is 3.29. The van der Waals surface area contributed by atoms with Crippen LogP contribution in [-0.2, 0) is 16.4 Å². The molecule has 168 valence electrons. The monoisotopic (exact) mass is 464 g/mol. The van der Waals surface area contributed by atoms with Crippen LogP contribution in [0.25, 0.3) is 0 Å². The Kier molecular flexibility index (Phi) is 5.94. The minimum atomic E-state index is -3.92. The van der Waals surface area contributed by atoms with E-state index in [2.05, 4.69) is 0 Å². The number of hydrogen-bond donors (Lipinski definition) is 0. The van der Waals surface area contributed by atoms with Crippen molar-refractivity contribution >= 4 is 21.7 Å². The maximum atomic E-state index is 13.4. The highest BCUT2D eigenvalue weighted by Crippen LogP contribution is 2.35. The first-order valence-corrected chi connectivity index (χ1v) is 11.4. The predicted octanol–water partition coefficient (Wildman–Crippen LogP) is 3.55. The third-order valence-corrected chi connectivity index (χ3v) is 7.13. The lowest BCUT2D eigenvalue weighted by Crippen LogP contribution is -2.29. The zero-order valence-electron chi connectivity index (χ0n) is 17.9. The third kappa shape index (κ3) is 4.08. The van der Waals surface area contributed by atoms with Gasteiger partial charge in [-0.1, -0.05) is 18.2 Å². The zero-order valence-corrected chi connectivity index (χ0v) is 18.8. The molecule has 0 aliphatic carbocycles. The fourth-order valence-corrected chi connectivity index (χ4v) is 5.20. The van der Waals surface area contributed by atoms with Crippen LogP contribution >= 0.6 is 0 Å². The van der Waals surface area contributed by atoms with Gasteiger partial charge in [-0.05, 0) is 48.4 Å². The Morgan fingerprint density at radius 1 is 0.970 bits per heavy atom. The molecular weight excluding hydrogens is 444 g/mol. The van der Waals surface area contributed by atoms with Gasteiger partial charge in [0.05, 0.1) is 36.4 Å². The molecule has 0 saturated heterocycles. The molecule has 0 unspecified atom stereocenters. The van der Waals surface area contributed by atoms with Crippen molar-refractivity contribution in [3.05, 3.63) is 77.4 Å². The van der Waals surface area contributed by atoms with Crippen molar-refractivity contribution in [1.29, 1.82) is 5.26 Å². The van der Waals surface area contributed by atoms with Crippen LogP contribution in [0.1, 0.15) is 21.5 Å². The Bertz CT molecular complexity index is 1380. The van der Waals surface area contributed by atoms with E-state index in [-0.39, 0.29) is 27.7 Å². The molecule has 3 aromatic carbocycles. The molecule has 0 amide bonds. The van der Waals surface area contributed by atoms with Gasteiger partial charge in [-0.15, -0.1) is 0 Å². The molecule has 0 fully saturated rings. The lowest BCUT2D eigenvalue weighted by atomic mass is 10.2. The number of carbonyl (C=O) groups excluding carboxylic acids is 1. The minimum Gasteiger partial charge on any atom is -0.496 e. The largest absolute Gasteiger partial charge is 0.496 e. The first-order chi connectivity index (χ1) is 15.9. The van der Waals surface area contributed by atoms with Crippen LogP contribution in [0.4, 0.5) is 5.69 Å². The summed E-state index contributed by atoms with van der Waals surface area (Å²) in [6.45, 7) is 0.315. The highest BCUT2D eigenvalue weighted by Gasteiger charge is 2.32. The van der Waals surface area contributed by atoms with Gasteiger partial charge in [-0.25, -0.2) is 13.2 Å².